The molecule has 45 heavy (non-hydrogen) atoms. The van der Waals surface area contributed by atoms with Crippen LogP contribution in [0.1, 0.15) is 101 Å². The molecule has 3 aliphatic carbocycles. The summed E-state index contributed by atoms with van der Waals surface area (Å²) in [4.78, 5) is 15.6. The molecule has 2 N–H and O–H groups in total. The number of unbranched alkanes of at least 4 members (excludes halogenated alkanes) is 4. The molecule has 0 aromatic heterocycles. The van der Waals surface area contributed by atoms with Crippen molar-refractivity contribution in [3.8, 4) is 17.2 Å². The number of amides is 1. The van der Waals surface area contributed by atoms with Crippen LogP contribution in [0.15, 0.2) is 36.4 Å². The maximum Gasteiger partial charge on any atom is 0.226 e. The third-order valence-corrected chi connectivity index (χ3v) is 11.5. The SMILES string of the molecule is CCCCCCN(CCCCC1Cc2cc(O)ccc2C2C(F)C[C@]3(C)C(O)CCC3C12)C(=O)Cc1ccc(OC)c(OC)c1. The fraction of sp³-hybridized carbons (Fsp3) is 0.658. The summed E-state index contributed by atoms with van der Waals surface area (Å²) in [5.74, 6) is 2.24. The molecule has 2 fully saturated rings. The molecule has 2 saturated carbocycles. The third-order valence-electron chi connectivity index (χ3n) is 11.5. The van der Waals surface area contributed by atoms with Gasteiger partial charge < -0.3 is 24.6 Å². The predicted molar refractivity (Wildman–Crippen MR) is 176 cm³/mol. The summed E-state index contributed by atoms with van der Waals surface area (Å²) in [7, 11) is 3.21. The lowest BCUT2D eigenvalue weighted by molar-refractivity contribution is -0.130. The van der Waals surface area contributed by atoms with Crippen molar-refractivity contribution in [3.05, 3.63) is 53.1 Å². The molecule has 1 amide bonds. The first-order valence-corrected chi connectivity index (χ1v) is 17.3. The van der Waals surface area contributed by atoms with Crippen molar-refractivity contribution < 1.29 is 28.9 Å². The second-order valence-electron chi connectivity index (χ2n) is 14.2. The highest BCUT2D eigenvalue weighted by Gasteiger charge is 2.59. The van der Waals surface area contributed by atoms with Crippen molar-refractivity contribution in [1.29, 1.82) is 0 Å². The fourth-order valence-corrected chi connectivity index (χ4v) is 9.11. The molecular weight excluding hydrogens is 569 g/mol. The smallest absolute Gasteiger partial charge is 0.226 e. The lowest BCUT2D eigenvalue weighted by atomic mass is 9.51. The van der Waals surface area contributed by atoms with Gasteiger partial charge in [-0.1, -0.05) is 51.7 Å². The standard InChI is InChI=1S/C38H54FNO5/c1-5-6-7-9-18-40(35(43)21-25-12-16-32(44-3)33(20-25)45-4)19-10-8-11-26-22-27-23-28(41)13-14-29(27)37-31(39)24-38(2)30(36(26)37)15-17-34(38)42/h12-14,16,20,23,26,30-31,34,36-37,41-42H,5-11,15,17-19,21-22,24H2,1-4H3/t26?,30?,31?,34?,36?,37?,38-/m0/s1. The molecule has 0 bridgehead atoms. The van der Waals surface area contributed by atoms with E-state index < -0.39 is 12.3 Å². The molecule has 2 aromatic rings. The number of aliphatic hydroxyl groups is 1. The maximum atomic E-state index is 16.1. The molecule has 0 saturated heterocycles. The van der Waals surface area contributed by atoms with E-state index in [0.29, 0.717) is 36.8 Å². The molecule has 6 nitrogen and oxygen atoms in total. The van der Waals surface area contributed by atoms with E-state index in [1.54, 1.807) is 20.3 Å². The van der Waals surface area contributed by atoms with E-state index in [2.05, 4.69) is 13.8 Å². The van der Waals surface area contributed by atoms with Crippen LogP contribution in [-0.4, -0.2) is 60.6 Å². The van der Waals surface area contributed by atoms with Crippen molar-refractivity contribution in [2.24, 2.45) is 23.2 Å². The van der Waals surface area contributed by atoms with Crippen LogP contribution in [-0.2, 0) is 17.6 Å². The predicted octanol–water partition coefficient (Wildman–Crippen LogP) is 7.62. The number of carbonyl (C=O) groups excluding carboxylic acids is 1. The van der Waals surface area contributed by atoms with Gasteiger partial charge in [0.1, 0.15) is 11.9 Å². The van der Waals surface area contributed by atoms with Crippen LogP contribution in [0.25, 0.3) is 0 Å². The van der Waals surface area contributed by atoms with Crippen molar-refractivity contribution in [2.45, 2.75) is 109 Å². The Balaban J connectivity index is 1.27. The molecule has 0 radical (unpaired) electrons. The van der Waals surface area contributed by atoms with Gasteiger partial charge in [-0.05, 0) is 109 Å². The Morgan fingerprint density at radius 2 is 1.76 bits per heavy atom. The number of rotatable bonds is 14. The number of hydrogen-bond acceptors (Lipinski definition) is 5. The first-order chi connectivity index (χ1) is 21.7. The van der Waals surface area contributed by atoms with Gasteiger partial charge in [0.15, 0.2) is 11.5 Å². The number of ether oxygens (including phenoxy) is 2. The van der Waals surface area contributed by atoms with Crippen LogP contribution in [0, 0.1) is 23.2 Å². The molecule has 5 rings (SSSR count). The lowest BCUT2D eigenvalue weighted by Gasteiger charge is -2.54. The number of fused-ring (bicyclic) bond motifs is 5. The second kappa shape index (κ2) is 14.7. The molecule has 2 aromatic carbocycles. The Kier molecular flexibility index (Phi) is 11.0. The molecule has 7 heteroatoms. The molecule has 0 aliphatic heterocycles. The number of benzene rings is 2. The number of hydrogen-bond donors (Lipinski definition) is 2. The Labute approximate surface area is 269 Å². The van der Waals surface area contributed by atoms with Crippen molar-refractivity contribution in [1.82, 2.24) is 4.90 Å². The molecule has 3 aliphatic rings. The van der Waals surface area contributed by atoms with Gasteiger partial charge in [-0.15, -0.1) is 0 Å². The van der Waals surface area contributed by atoms with Crippen LogP contribution < -0.4 is 9.47 Å². The minimum Gasteiger partial charge on any atom is -0.508 e. The molecule has 6 unspecified atom stereocenters. The summed E-state index contributed by atoms with van der Waals surface area (Å²) < 4.78 is 26.9. The Bertz CT molecular complexity index is 1300. The first-order valence-electron chi connectivity index (χ1n) is 17.3. The molecular formula is C38H54FNO5. The molecule has 7 atom stereocenters. The average molecular weight is 624 g/mol. The third kappa shape index (κ3) is 7.13. The summed E-state index contributed by atoms with van der Waals surface area (Å²) >= 11 is 0. The summed E-state index contributed by atoms with van der Waals surface area (Å²) in [6, 6.07) is 11.2. The number of phenols is 1. The van der Waals surface area contributed by atoms with E-state index in [0.717, 1.165) is 81.0 Å². The average Bonchev–Trinajstić information content (AvgIpc) is 3.32. The largest absolute Gasteiger partial charge is 0.508 e. The van der Waals surface area contributed by atoms with Crippen molar-refractivity contribution in [2.75, 3.05) is 27.3 Å². The van der Waals surface area contributed by atoms with E-state index >= 15 is 4.39 Å². The first kappa shape index (κ1) is 33.6. The highest BCUT2D eigenvalue weighted by Crippen LogP contribution is 2.63. The summed E-state index contributed by atoms with van der Waals surface area (Å²) in [6.45, 7) is 5.78. The zero-order chi connectivity index (χ0) is 32.1. The topological polar surface area (TPSA) is 79.2 Å². The van der Waals surface area contributed by atoms with Gasteiger partial charge >= 0.3 is 0 Å². The minimum absolute atomic E-state index is 0.129. The minimum atomic E-state index is -0.997. The number of aromatic hydroxyl groups is 1. The number of methoxy groups -OCH3 is 2. The zero-order valence-corrected chi connectivity index (χ0v) is 27.8. The van der Waals surface area contributed by atoms with Crippen LogP contribution in [0.4, 0.5) is 4.39 Å². The van der Waals surface area contributed by atoms with E-state index in [1.807, 2.05) is 35.2 Å². The molecule has 248 valence electrons. The Morgan fingerprint density at radius 3 is 2.49 bits per heavy atom. The number of halogens is 1. The van der Waals surface area contributed by atoms with Gasteiger partial charge in [0, 0.05) is 19.0 Å². The zero-order valence-electron chi connectivity index (χ0n) is 27.8. The van der Waals surface area contributed by atoms with Gasteiger partial charge in [0.05, 0.1) is 26.7 Å². The van der Waals surface area contributed by atoms with Crippen molar-refractivity contribution in [3.63, 3.8) is 0 Å². The quantitative estimate of drug-likeness (QED) is 0.212. The number of phenolic OH excluding ortho intramolecular Hbond substituents is 1. The monoisotopic (exact) mass is 623 g/mol. The van der Waals surface area contributed by atoms with E-state index in [1.165, 1.54) is 6.42 Å². The van der Waals surface area contributed by atoms with Gasteiger partial charge in [-0.3, -0.25) is 4.79 Å². The maximum absolute atomic E-state index is 16.1. The van der Waals surface area contributed by atoms with E-state index in [-0.39, 0.29) is 34.8 Å². The van der Waals surface area contributed by atoms with Crippen molar-refractivity contribution >= 4 is 5.91 Å². The van der Waals surface area contributed by atoms with Crippen LogP contribution in [0.5, 0.6) is 17.2 Å². The fourth-order valence-electron chi connectivity index (χ4n) is 9.11. The van der Waals surface area contributed by atoms with Crippen LogP contribution in [0.2, 0.25) is 0 Å². The number of alkyl halides is 1. The van der Waals surface area contributed by atoms with Gasteiger partial charge in [-0.2, -0.15) is 0 Å². The van der Waals surface area contributed by atoms with E-state index in [4.69, 9.17) is 9.47 Å². The second-order valence-corrected chi connectivity index (χ2v) is 14.2. The Morgan fingerprint density at radius 1 is 1.00 bits per heavy atom. The van der Waals surface area contributed by atoms with Gasteiger partial charge in [-0.25, -0.2) is 4.39 Å². The summed E-state index contributed by atoms with van der Waals surface area (Å²) in [5.41, 5.74) is 2.67. The number of aliphatic hydroxyl groups excluding tert-OH is 1. The van der Waals surface area contributed by atoms with Crippen LogP contribution >= 0.6 is 0 Å². The highest BCUT2D eigenvalue weighted by molar-refractivity contribution is 5.79. The summed E-state index contributed by atoms with van der Waals surface area (Å²) in [6.07, 6.45) is 9.07. The number of nitrogens with zero attached hydrogens (tertiary/aromatic N) is 1. The summed E-state index contributed by atoms with van der Waals surface area (Å²) in [5, 5.41) is 21.2. The highest BCUT2D eigenvalue weighted by atomic mass is 19.1. The van der Waals surface area contributed by atoms with Crippen LogP contribution in [0.3, 0.4) is 0 Å². The lowest BCUT2D eigenvalue weighted by Crippen LogP contribution is -2.51. The molecule has 0 heterocycles. The Hall–Kier alpha value is -2.80. The van der Waals surface area contributed by atoms with Gasteiger partial charge in [0.2, 0.25) is 5.91 Å². The van der Waals surface area contributed by atoms with E-state index in [9.17, 15) is 15.0 Å². The normalized spacial score (nSPS) is 28.6. The number of carbonyl (C=O) groups is 1. The van der Waals surface area contributed by atoms with Gasteiger partial charge in [0.25, 0.3) is 0 Å². The molecule has 0 spiro atoms.